The van der Waals surface area contributed by atoms with Gasteiger partial charge in [0.1, 0.15) is 4.91 Å². The van der Waals surface area contributed by atoms with Crippen molar-refractivity contribution in [2.45, 2.75) is 12.1 Å². The first kappa shape index (κ1) is 17.2. The molecule has 0 amide bonds. The standard InChI is InChI=1S/C14H13ClN2O5S/c1-7-16-17-14(22-7)23-11(13(18)19)6-8-4-9(15)12(21-3)10(5-8)20-2/h4-6H,1-3H3,(H,18,19)/b11-6+. The van der Waals surface area contributed by atoms with Crippen molar-refractivity contribution < 1.29 is 23.8 Å². The van der Waals surface area contributed by atoms with E-state index in [1.807, 2.05) is 0 Å². The SMILES string of the molecule is COc1cc(/C=C(/Sc2nnc(C)o2)C(=O)O)cc(Cl)c1OC. The Kier molecular flexibility index (Phi) is 5.51. The number of hydrogen-bond donors (Lipinski definition) is 1. The van der Waals surface area contributed by atoms with Gasteiger partial charge in [0.2, 0.25) is 5.89 Å². The highest BCUT2D eigenvalue weighted by Gasteiger charge is 2.16. The highest BCUT2D eigenvalue weighted by molar-refractivity contribution is 8.03. The Morgan fingerprint density at radius 3 is 2.61 bits per heavy atom. The van der Waals surface area contributed by atoms with Crippen molar-refractivity contribution in [2.24, 2.45) is 0 Å². The summed E-state index contributed by atoms with van der Waals surface area (Å²) >= 11 is 6.96. The Morgan fingerprint density at radius 1 is 1.35 bits per heavy atom. The van der Waals surface area contributed by atoms with Gasteiger partial charge < -0.3 is 19.0 Å². The first-order valence-corrected chi connectivity index (χ1v) is 7.48. The molecule has 1 heterocycles. The van der Waals surface area contributed by atoms with Gasteiger partial charge in [0.25, 0.3) is 5.22 Å². The number of benzene rings is 1. The summed E-state index contributed by atoms with van der Waals surface area (Å²) in [5, 5.41) is 17.2. The zero-order valence-corrected chi connectivity index (χ0v) is 14.1. The van der Waals surface area contributed by atoms with E-state index in [0.29, 0.717) is 28.0 Å². The summed E-state index contributed by atoms with van der Waals surface area (Å²) in [5.74, 6) is 0.00107. The third-order valence-electron chi connectivity index (χ3n) is 2.67. The minimum atomic E-state index is -1.13. The molecule has 0 bridgehead atoms. The molecule has 23 heavy (non-hydrogen) atoms. The normalized spacial score (nSPS) is 11.4. The molecule has 0 aliphatic carbocycles. The molecule has 122 valence electrons. The third kappa shape index (κ3) is 4.17. The number of aromatic nitrogens is 2. The first-order chi connectivity index (χ1) is 10.9. The van der Waals surface area contributed by atoms with E-state index >= 15 is 0 Å². The molecule has 7 nitrogen and oxygen atoms in total. The zero-order valence-electron chi connectivity index (χ0n) is 12.5. The number of nitrogens with zero attached hydrogens (tertiary/aromatic N) is 2. The molecular formula is C14H13ClN2O5S. The van der Waals surface area contributed by atoms with Crippen molar-refractivity contribution in [1.29, 1.82) is 0 Å². The summed E-state index contributed by atoms with van der Waals surface area (Å²) in [6.45, 7) is 1.62. The molecule has 0 radical (unpaired) electrons. The van der Waals surface area contributed by atoms with Crippen LogP contribution in [0, 0.1) is 6.92 Å². The lowest BCUT2D eigenvalue weighted by atomic mass is 10.2. The second kappa shape index (κ2) is 7.38. The van der Waals surface area contributed by atoms with Gasteiger partial charge in [-0.25, -0.2) is 4.79 Å². The minimum absolute atomic E-state index is 0.00284. The van der Waals surface area contributed by atoms with Crippen molar-refractivity contribution in [3.63, 3.8) is 0 Å². The number of ether oxygens (including phenoxy) is 2. The van der Waals surface area contributed by atoms with Gasteiger partial charge in [-0.05, 0) is 35.5 Å². The van der Waals surface area contributed by atoms with E-state index in [0.717, 1.165) is 11.8 Å². The number of aliphatic carboxylic acids is 1. The molecule has 0 saturated heterocycles. The molecule has 1 aromatic carbocycles. The lowest BCUT2D eigenvalue weighted by molar-refractivity contribution is -0.131. The molecule has 1 N–H and O–H groups in total. The van der Waals surface area contributed by atoms with Gasteiger partial charge in [0.15, 0.2) is 11.5 Å². The average Bonchev–Trinajstić information content (AvgIpc) is 2.91. The molecule has 0 fully saturated rings. The van der Waals surface area contributed by atoms with Crippen LogP contribution in [0.5, 0.6) is 11.5 Å². The van der Waals surface area contributed by atoms with Crippen LogP contribution < -0.4 is 9.47 Å². The van der Waals surface area contributed by atoms with Gasteiger partial charge >= 0.3 is 5.97 Å². The second-order valence-electron chi connectivity index (χ2n) is 4.24. The van der Waals surface area contributed by atoms with E-state index in [2.05, 4.69) is 10.2 Å². The van der Waals surface area contributed by atoms with E-state index in [9.17, 15) is 9.90 Å². The maximum atomic E-state index is 11.4. The molecule has 0 aliphatic heterocycles. The van der Waals surface area contributed by atoms with Crippen molar-refractivity contribution in [3.05, 3.63) is 33.5 Å². The number of aryl methyl sites for hydroxylation is 1. The number of halogens is 1. The van der Waals surface area contributed by atoms with Gasteiger partial charge in [-0.15, -0.1) is 10.2 Å². The Balaban J connectivity index is 2.39. The van der Waals surface area contributed by atoms with Crippen LogP contribution in [0.3, 0.4) is 0 Å². The van der Waals surface area contributed by atoms with E-state index in [-0.39, 0.29) is 10.1 Å². The molecule has 9 heteroatoms. The monoisotopic (exact) mass is 356 g/mol. The second-order valence-corrected chi connectivity index (χ2v) is 5.64. The van der Waals surface area contributed by atoms with Crippen LogP contribution >= 0.6 is 23.4 Å². The third-order valence-corrected chi connectivity index (χ3v) is 3.80. The molecule has 0 unspecified atom stereocenters. The van der Waals surface area contributed by atoms with Crippen LogP contribution in [0.2, 0.25) is 5.02 Å². The quantitative estimate of drug-likeness (QED) is 0.622. The first-order valence-electron chi connectivity index (χ1n) is 6.29. The fourth-order valence-electron chi connectivity index (χ4n) is 1.72. The molecule has 1 aromatic heterocycles. The number of methoxy groups -OCH3 is 2. The molecule has 0 spiro atoms. The van der Waals surface area contributed by atoms with E-state index in [4.69, 9.17) is 25.5 Å². The van der Waals surface area contributed by atoms with E-state index < -0.39 is 5.97 Å². The van der Waals surface area contributed by atoms with Crippen molar-refractivity contribution in [2.75, 3.05) is 14.2 Å². The fraction of sp³-hybridized carbons (Fsp3) is 0.214. The van der Waals surface area contributed by atoms with Crippen molar-refractivity contribution >= 4 is 35.4 Å². The summed E-state index contributed by atoms with van der Waals surface area (Å²) in [7, 11) is 2.94. The van der Waals surface area contributed by atoms with E-state index in [1.54, 1.807) is 19.1 Å². The molecule has 2 rings (SSSR count). The van der Waals surface area contributed by atoms with Gasteiger partial charge in [-0.3, -0.25) is 0 Å². The topological polar surface area (TPSA) is 94.7 Å². The number of hydrogen-bond acceptors (Lipinski definition) is 7. The highest BCUT2D eigenvalue weighted by Crippen LogP contribution is 2.37. The predicted molar refractivity (Wildman–Crippen MR) is 85.1 cm³/mol. The summed E-state index contributed by atoms with van der Waals surface area (Å²) in [4.78, 5) is 11.4. The van der Waals surface area contributed by atoms with Crippen molar-refractivity contribution in [1.82, 2.24) is 10.2 Å². The number of carboxylic acid groups (broad SMARTS) is 1. The van der Waals surface area contributed by atoms with Crippen LogP contribution in [-0.2, 0) is 4.79 Å². The van der Waals surface area contributed by atoms with Crippen LogP contribution in [0.15, 0.2) is 26.7 Å². The summed E-state index contributed by atoms with van der Waals surface area (Å²) < 4.78 is 15.5. The van der Waals surface area contributed by atoms with Gasteiger partial charge in [0, 0.05) is 6.92 Å². The van der Waals surface area contributed by atoms with Crippen molar-refractivity contribution in [3.8, 4) is 11.5 Å². The Bertz CT molecular complexity index is 760. The number of rotatable bonds is 6. The van der Waals surface area contributed by atoms with E-state index in [1.165, 1.54) is 20.3 Å². The maximum Gasteiger partial charge on any atom is 0.342 e. The Morgan fingerprint density at radius 2 is 2.09 bits per heavy atom. The number of thioether (sulfide) groups is 1. The molecule has 0 aliphatic rings. The number of carboxylic acids is 1. The summed E-state index contributed by atoms with van der Waals surface area (Å²) in [6.07, 6.45) is 1.43. The Labute approximate surface area is 141 Å². The van der Waals surface area contributed by atoms with Crippen LogP contribution in [0.1, 0.15) is 11.5 Å². The molecule has 2 aromatic rings. The largest absolute Gasteiger partial charge is 0.493 e. The fourth-order valence-corrected chi connectivity index (χ4v) is 2.73. The average molecular weight is 357 g/mol. The van der Waals surface area contributed by atoms with Gasteiger partial charge in [-0.2, -0.15) is 0 Å². The summed E-state index contributed by atoms with van der Waals surface area (Å²) in [6, 6.07) is 3.19. The van der Waals surface area contributed by atoms with Crippen LogP contribution in [0.25, 0.3) is 6.08 Å². The lowest BCUT2D eigenvalue weighted by Gasteiger charge is -2.10. The Hall–Kier alpha value is -2.19. The lowest BCUT2D eigenvalue weighted by Crippen LogP contribution is -1.97. The predicted octanol–water partition coefficient (Wildman–Crippen LogP) is 3.27. The highest BCUT2D eigenvalue weighted by atomic mass is 35.5. The van der Waals surface area contributed by atoms with Crippen LogP contribution in [0.4, 0.5) is 0 Å². The smallest absolute Gasteiger partial charge is 0.342 e. The summed E-state index contributed by atoms with van der Waals surface area (Å²) in [5.41, 5.74) is 0.536. The minimum Gasteiger partial charge on any atom is -0.493 e. The molecule has 0 atom stereocenters. The van der Waals surface area contributed by atoms with Gasteiger partial charge in [0.05, 0.1) is 19.2 Å². The van der Waals surface area contributed by atoms with Crippen LogP contribution in [-0.4, -0.2) is 35.5 Å². The zero-order chi connectivity index (χ0) is 17.0. The molecular weight excluding hydrogens is 344 g/mol. The maximum absolute atomic E-state index is 11.4. The number of carbonyl (C=O) groups is 1. The molecule has 0 saturated carbocycles. The van der Waals surface area contributed by atoms with Gasteiger partial charge in [-0.1, -0.05) is 11.6 Å².